The Morgan fingerprint density at radius 1 is 0.881 bits per heavy atom. The van der Waals surface area contributed by atoms with Crippen LogP contribution >= 0.6 is 11.6 Å². The number of benzene rings is 1. The third-order valence-corrected chi connectivity index (χ3v) is 9.15. The SMILES string of the molecule is Nc1c(Cl)cc(C(=O)NC2CCN(CCCCCC(=O)NC3CCN(CCCCCC(=O)O)CC3)CC2)c2c1CCO2. The van der Waals surface area contributed by atoms with Crippen molar-refractivity contribution >= 4 is 35.1 Å². The number of nitrogens with two attached hydrogens (primary N) is 1. The van der Waals surface area contributed by atoms with Gasteiger partial charge in [0.05, 0.1) is 22.9 Å². The smallest absolute Gasteiger partial charge is 0.303 e. The number of aliphatic carboxylic acids is 1. The number of carbonyl (C=O) groups excluding carboxylic acids is 2. The van der Waals surface area contributed by atoms with Crippen molar-refractivity contribution in [1.29, 1.82) is 0 Å². The van der Waals surface area contributed by atoms with E-state index in [0.717, 1.165) is 109 Å². The van der Waals surface area contributed by atoms with Crippen molar-refractivity contribution in [3.63, 3.8) is 0 Å². The molecule has 0 atom stereocenters. The fourth-order valence-corrected chi connectivity index (χ4v) is 6.51. The number of nitrogens with one attached hydrogen (secondary N) is 2. The number of ether oxygens (including phenoxy) is 1. The topological polar surface area (TPSA) is 137 Å². The molecule has 0 bridgehead atoms. The lowest BCUT2D eigenvalue weighted by molar-refractivity contribution is -0.137. The second kappa shape index (κ2) is 16.3. The number of unbranched alkanes of at least 4 members (excludes halogenated alkanes) is 4. The highest BCUT2D eigenvalue weighted by Gasteiger charge is 2.28. The van der Waals surface area contributed by atoms with Gasteiger partial charge in [-0.05, 0) is 70.5 Å². The van der Waals surface area contributed by atoms with Crippen molar-refractivity contribution in [3.8, 4) is 5.75 Å². The number of carboxylic acid groups (broad SMARTS) is 1. The number of halogens is 1. The molecule has 4 rings (SSSR count). The maximum Gasteiger partial charge on any atom is 0.303 e. The molecule has 234 valence electrons. The fraction of sp³-hybridized carbons (Fsp3) is 0.710. The molecule has 1 aromatic carbocycles. The van der Waals surface area contributed by atoms with Gasteiger partial charge in [-0.1, -0.05) is 24.4 Å². The third kappa shape index (κ3) is 9.74. The van der Waals surface area contributed by atoms with Crippen molar-refractivity contribution in [2.45, 2.75) is 95.6 Å². The summed E-state index contributed by atoms with van der Waals surface area (Å²) in [7, 11) is 0. The van der Waals surface area contributed by atoms with Crippen LogP contribution < -0.4 is 21.1 Å². The number of hydrogen-bond acceptors (Lipinski definition) is 7. The van der Waals surface area contributed by atoms with E-state index in [1.54, 1.807) is 6.07 Å². The number of amides is 2. The predicted octanol–water partition coefficient (Wildman–Crippen LogP) is 3.84. The van der Waals surface area contributed by atoms with Gasteiger partial charge in [-0.15, -0.1) is 0 Å². The fourth-order valence-electron chi connectivity index (χ4n) is 6.29. The Morgan fingerprint density at radius 2 is 1.45 bits per heavy atom. The lowest BCUT2D eigenvalue weighted by Crippen LogP contribution is -2.45. The van der Waals surface area contributed by atoms with E-state index in [2.05, 4.69) is 20.4 Å². The van der Waals surface area contributed by atoms with Crippen molar-refractivity contribution < 1.29 is 24.2 Å². The Hall–Kier alpha value is -2.56. The highest BCUT2D eigenvalue weighted by molar-refractivity contribution is 6.33. The summed E-state index contributed by atoms with van der Waals surface area (Å²) in [5.74, 6) is -0.129. The van der Waals surface area contributed by atoms with Crippen LogP contribution in [0, 0.1) is 0 Å². The zero-order valence-corrected chi connectivity index (χ0v) is 25.6. The number of piperidine rings is 2. The van der Waals surface area contributed by atoms with E-state index in [0.29, 0.717) is 41.5 Å². The van der Waals surface area contributed by atoms with Gasteiger partial charge in [0.25, 0.3) is 5.91 Å². The van der Waals surface area contributed by atoms with Crippen molar-refractivity contribution in [2.75, 3.05) is 51.6 Å². The number of rotatable bonds is 15. The lowest BCUT2D eigenvalue weighted by atomic mass is 10.0. The molecule has 0 spiro atoms. The van der Waals surface area contributed by atoms with E-state index < -0.39 is 5.97 Å². The molecule has 2 amide bonds. The molecular formula is C31H48ClN5O5. The summed E-state index contributed by atoms with van der Waals surface area (Å²) in [5, 5.41) is 15.5. The molecule has 1 aromatic rings. The molecule has 42 heavy (non-hydrogen) atoms. The van der Waals surface area contributed by atoms with E-state index in [4.69, 9.17) is 27.2 Å². The monoisotopic (exact) mass is 605 g/mol. The first kappa shape index (κ1) is 32.4. The van der Waals surface area contributed by atoms with Crippen LogP contribution in [-0.4, -0.2) is 90.6 Å². The van der Waals surface area contributed by atoms with Gasteiger partial charge in [0.15, 0.2) is 0 Å². The van der Waals surface area contributed by atoms with Gasteiger partial charge < -0.3 is 36.0 Å². The predicted molar refractivity (Wildman–Crippen MR) is 164 cm³/mol. The van der Waals surface area contributed by atoms with E-state index in [-0.39, 0.29) is 30.3 Å². The molecular weight excluding hydrogens is 558 g/mol. The van der Waals surface area contributed by atoms with Crippen molar-refractivity contribution in [1.82, 2.24) is 20.4 Å². The summed E-state index contributed by atoms with van der Waals surface area (Å²) in [5.41, 5.74) is 7.87. The molecule has 3 aliphatic heterocycles. The second-order valence-electron chi connectivity index (χ2n) is 12.0. The summed E-state index contributed by atoms with van der Waals surface area (Å²) >= 11 is 6.27. The van der Waals surface area contributed by atoms with Gasteiger partial charge >= 0.3 is 5.97 Å². The molecule has 2 fully saturated rings. The quantitative estimate of drug-likeness (QED) is 0.175. The summed E-state index contributed by atoms with van der Waals surface area (Å²) < 4.78 is 5.69. The number of hydrogen-bond donors (Lipinski definition) is 4. The second-order valence-corrected chi connectivity index (χ2v) is 12.4. The Bertz CT molecular complexity index is 1070. The van der Waals surface area contributed by atoms with Crippen molar-refractivity contribution in [3.05, 3.63) is 22.2 Å². The number of nitrogens with zero attached hydrogens (tertiary/aromatic N) is 2. The maximum absolute atomic E-state index is 13.0. The van der Waals surface area contributed by atoms with Gasteiger partial charge in [0, 0.05) is 63.1 Å². The van der Waals surface area contributed by atoms with Crippen LogP contribution in [0.25, 0.3) is 0 Å². The minimum atomic E-state index is -0.716. The Balaban J connectivity index is 1.02. The van der Waals surface area contributed by atoms with Crippen LogP contribution in [0.5, 0.6) is 5.75 Å². The van der Waals surface area contributed by atoms with Crippen molar-refractivity contribution in [2.24, 2.45) is 0 Å². The van der Waals surface area contributed by atoms with E-state index in [9.17, 15) is 14.4 Å². The Morgan fingerprint density at radius 3 is 2.05 bits per heavy atom. The minimum absolute atomic E-state index is 0.126. The van der Waals surface area contributed by atoms with Gasteiger partial charge in [-0.3, -0.25) is 14.4 Å². The zero-order chi connectivity index (χ0) is 29.9. The average molecular weight is 606 g/mol. The number of carboxylic acids is 1. The molecule has 5 N–H and O–H groups in total. The molecule has 0 radical (unpaired) electrons. The summed E-state index contributed by atoms with van der Waals surface area (Å²) in [4.78, 5) is 40.9. The van der Waals surface area contributed by atoms with Gasteiger partial charge in [-0.2, -0.15) is 0 Å². The van der Waals surface area contributed by atoms with E-state index >= 15 is 0 Å². The molecule has 3 heterocycles. The first-order chi connectivity index (χ1) is 20.3. The number of carbonyl (C=O) groups is 3. The summed E-state index contributed by atoms with van der Waals surface area (Å²) in [6, 6.07) is 2.01. The molecule has 2 saturated heterocycles. The van der Waals surface area contributed by atoms with Gasteiger partial charge in [-0.25, -0.2) is 0 Å². The van der Waals surface area contributed by atoms with E-state index in [1.165, 1.54) is 0 Å². The highest BCUT2D eigenvalue weighted by Crippen LogP contribution is 2.38. The van der Waals surface area contributed by atoms with E-state index in [1.807, 2.05) is 0 Å². The Labute approximate surface area is 254 Å². The Kier molecular flexibility index (Phi) is 12.6. The first-order valence-corrected chi connectivity index (χ1v) is 16.2. The molecule has 10 nitrogen and oxygen atoms in total. The zero-order valence-electron chi connectivity index (χ0n) is 24.8. The summed E-state index contributed by atoms with van der Waals surface area (Å²) in [6.07, 6.45) is 11.1. The van der Waals surface area contributed by atoms with Gasteiger partial charge in [0.2, 0.25) is 5.91 Å². The number of fused-ring (bicyclic) bond motifs is 1. The molecule has 0 unspecified atom stereocenters. The molecule has 0 aromatic heterocycles. The average Bonchev–Trinajstić information content (AvgIpc) is 3.46. The highest BCUT2D eigenvalue weighted by atomic mass is 35.5. The minimum Gasteiger partial charge on any atom is -0.492 e. The summed E-state index contributed by atoms with van der Waals surface area (Å²) in [6.45, 7) is 6.44. The van der Waals surface area contributed by atoms with Crippen LogP contribution in [0.4, 0.5) is 5.69 Å². The largest absolute Gasteiger partial charge is 0.492 e. The third-order valence-electron chi connectivity index (χ3n) is 8.83. The van der Waals surface area contributed by atoms with Crippen LogP contribution in [0.2, 0.25) is 5.02 Å². The van der Waals surface area contributed by atoms with Crippen LogP contribution in [0.1, 0.15) is 93.0 Å². The first-order valence-electron chi connectivity index (χ1n) is 15.8. The van der Waals surface area contributed by atoms with Gasteiger partial charge in [0.1, 0.15) is 5.75 Å². The standard InChI is InChI=1S/C31H48ClN5O5/c32-26-21-25(30-24(29(26)33)13-20-42-30)31(41)35-23-11-18-37(19-12-23)14-5-1-3-7-27(38)34-22-9-16-36(17-10-22)15-6-2-4-8-28(39)40/h21-23H,1-20,33H2,(H,34,38)(H,35,41)(H,39,40). The number of likely N-dealkylation sites (tertiary alicyclic amines) is 2. The number of anilines is 1. The van der Waals surface area contributed by atoms with Crippen LogP contribution in [-0.2, 0) is 16.0 Å². The number of nitrogen functional groups attached to an aromatic ring is 1. The molecule has 0 aliphatic carbocycles. The molecule has 11 heteroatoms. The maximum atomic E-state index is 13.0. The molecule has 3 aliphatic rings. The lowest BCUT2D eigenvalue weighted by Gasteiger charge is -2.32. The van der Waals surface area contributed by atoms with Crippen LogP contribution in [0.15, 0.2) is 6.07 Å². The van der Waals surface area contributed by atoms with Crippen LogP contribution in [0.3, 0.4) is 0 Å². The molecule has 0 saturated carbocycles. The normalized spacial score (nSPS) is 18.4.